The second-order valence-electron chi connectivity index (χ2n) is 4.64. The highest BCUT2D eigenvalue weighted by Gasteiger charge is 2.19. The quantitative estimate of drug-likeness (QED) is 0.597. The summed E-state index contributed by atoms with van der Waals surface area (Å²) in [6.45, 7) is 7.30. The normalized spacial score (nSPS) is 14.2. The molecular formula is C14H22N2O2. The molecule has 0 spiro atoms. The fraction of sp³-hybridized carbons (Fsp3) is 0.571. The van der Waals surface area contributed by atoms with E-state index in [9.17, 15) is 10.1 Å². The van der Waals surface area contributed by atoms with E-state index in [1.54, 1.807) is 12.1 Å². The first-order valence-corrected chi connectivity index (χ1v) is 6.55. The standard InChI is InChI=1S/C14H22N2O2/c1-4-13(15-5-2)11(3)10-12-8-6-7-9-14(12)16(17)18/h6-9,11,13,15H,4-5,10H2,1-3H3. The molecule has 0 amide bonds. The number of nitro benzene ring substituents is 1. The van der Waals surface area contributed by atoms with Gasteiger partial charge in [0.25, 0.3) is 5.69 Å². The van der Waals surface area contributed by atoms with E-state index in [1.165, 1.54) is 0 Å². The summed E-state index contributed by atoms with van der Waals surface area (Å²) in [5, 5.41) is 14.4. The van der Waals surface area contributed by atoms with Crippen molar-refractivity contribution in [3.63, 3.8) is 0 Å². The molecule has 2 atom stereocenters. The van der Waals surface area contributed by atoms with E-state index >= 15 is 0 Å². The molecule has 4 nitrogen and oxygen atoms in total. The summed E-state index contributed by atoms with van der Waals surface area (Å²) in [5.41, 5.74) is 1.06. The number of nitrogens with zero attached hydrogens (tertiary/aromatic N) is 1. The first-order chi connectivity index (χ1) is 8.60. The van der Waals surface area contributed by atoms with Crippen molar-refractivity contribution in [1.82, 2.24) is 5.32 Å². The summed E-state index contributed by atoms with van der Waals surface area (Å²) in [6, 6.07) is 7.43. The first kappa shape index (κ1) is 14.6. The zero-order chi connectivity index (χ0) is 13.5. The lowest BCUT2D eigenvalue weighted by Crippen LogP contribution is -2.35. The maximum absolute atomic E-state index is 11.0. The smallest absolute Gasteiger partial charge is 0.272 e. The molecule has 0 aliphatic carbocycles. The van der Waals surface area contributed by atoms with Crippen molar-refractivity contribution >= 4 is 5.69 Å². The lowest BCUT2D eigenvalue weighted by atomic mass is 9.91. The number of hydrogen-bond donors (Lipinski definition) is 1. The Morgan fingerprint density at radius 2 is 2.00 bits per heavy atom. The summed E-state index contributed by atoms with van der Waals surface area (Å²) in [7, 11) is 0. The van der Waals surface area contributed by atoms with Gasteiger partial charge in [-0.1, -0.05) is 39.0 Å². The predicted molar refractivity (Wildman–Crippen MR) is 73.7 cm³/mol. The molecule has 4 heteroatoms. The molecule has 0 aromatic heterocycles. The largest absolute Gasteiger partial charge is 0.314 e. The second kappa shape index (κ2) is 7.11. The van der Waals surface area contributed by atoms with Crippen LogP contribution < -0.4 is 5.32 Å². The molecule has 1 aromatic carbocycles. The van der Waals surface area contributed by atoms with Gasteiger partial charge >= 0.3 is 0 Å². The van der Waals surface area contributed by atoms with Crippen molar-refractivity contribution in [2.45, 2.75) is 39.7 Å². The maximum Gasteiger partial charge on any atom is 0.272 e. The molecule has 1 aromatic rings. The SMILES string of the molecule is CCNC(CC)C(C)Cc1ccccc1[N+](=O)[O-]. The van der Waals surface area contributed by atoms with E-state index in [0.717, 1.165) is 24.9 Å². The highest BCUT2D eigenvalue weighted by atomic mass is 16.6. The van der Waals surface area contributed by atoms with Gasteiger partial charge in [0.2, 0.25) is 0 Å². The van der Waals surface area contributed by atoms with Gasteiger partial charge in [-0.25, -0.2) is 0 Å². The zero-order valence-electron chi connectivity index (χ0n) is 11.3. The van der Waals surface area contributed by atoms with Crippen LogP contribution in [0.3, 0.4) is 0 Å². The Kier molecular flexibility index (Phi) is 5.78. The number of rotatable bonds is 7. The molecule has 0 saturated carbocycles. The Labute approximate surface area is 109 Å². The minimum Gasteiger partial charge on any atom is -0.314 e. The third-order valence-corrected chi connectivity index (χ3v) is 3.32. The molecule has 0 saturated heterocycles. The van der Waals surface area contributed by atoms with E-state index in [4.69, 9.17) is 0 Å². The minimum atomic E-state index is -0.295. The van der Waals surface area contributed by atoms with E-state index in [0.29, 0.717) is 12.0 Å². The van der Waals surface area contributed by atoms with Crippen LogP contribution in [0.25, 0.3) is 0 Å². The molecule has 1 rings (SSSR count). The first-order valence-electron chi connectivity index (χ1n) is 6.55. The van der Waals surface area contributed by atoms with Crippen LogP contribution in [0.2, 0.25) is 0 Å². The van der Waals surface area contributed by atoms with Gasteiger partial charge in [-0.05, 0) is 25.3 Å². The minimum absolute atomic E-state index is 0.232. The van der Waals surface area contributed by atoms with Crippen molar-refractivity contribution in [3.8, 4) is 0 Å². The summed E-state index contributed by atoms with van der Waals surface area (Å²) in [6.07, 6.45) is 1.78. The molecule has 1 N–H and O–H groups in total. The zero-order valence-corrected chi connectivity index (χ0v) is 11.3. The number of nitrogens with one attached hydrogen (secondary N) is 1. The average molecular weight is 250 g/mol. The number of nitro groups is 1. The molecule has 0 aliphatic heterocycles. The lowest BCUT2D eigenvalue weighted by Gasteiger charge is -2.23. The van der Waals surface area contributed by atoms with E-state index in [2.05, 4.69) is 26.1 Å². The van der Waals surface area contributed by atoms with E-state index < -0.39 is 0 Å². The Hall–Kier alpha value is -1.42. The van der Waals surface area contributed by atoms with Crippen LogP contribution in [0.1, 0.15) is 32.8 Å². The fourth-order valence-corrected chi connectivity index (χ4v) is 2.36. The van der Waals surface area contributed by atoms with Gasteiger partial charge in [0.15, 0.2) is 0 Å². The maximum atomic E-state index is 11.0. The predicted octanol–water partition coefficient (Wildman–Crippen LogP) is 3.16. The van der Waals surface area contributed by atoms with Crippen LogP contribution in [-0.2, 0) is 6.42 Å². The highest BCUT2D eigenvalue weighted by molar-refractivity contribution is 5.40. The molecular weight excluding hydrogens is 228 g/mol. The van der Waals surface area contributed by atoms with Crippen molar-refractivity contribution in [2.24, 2.45) is 5.92 Å². The van der Waals surface area contributed by atoms with Crippen LogP contribution >= 0.6 is 0 Å². The van der Waals surface area contributed by atoms with Gasteiger partial charge in [-0.3, -0.25) is 10.1 Å². The summed E-state index contributed by atoms with van der Waals surface area (Å²) < 4.78 is 0. The van der Waals surface area contributed by atoms with Crippen molar-refractivity contribution in [3.05, 3.63) is 39.9 Å². The van der Waals surface area contributed by atoms with Crippen LogP contribution in [0.15, 0.2) is 24.3 Å². The van der Waals surface area contributed by atoms with Crippen molar-refractivity contribution in [2.75, 3.05) is 6.54 Å². The van der Waals surface area contributed by atoms with Crippen LogP contribution in [0.4, 0.5) is 5.69 Å². The molecule has 2 unspecified atom stereocenters. The van der Waals surface area contributed by atoms with Gasteiger partial charge in [0, 0.05) is 17.7 Å². The van der Waals surface area contributed by atoms with Crippen LogP contribution in [0, 0.1) is 16.0 Å². The van der Waals surface area contributed by atoms with Gasteiger partial charge in [-0.15, -0.1) is 0 Å². The third kappa shape index (κ3) is 3.81. The summed E-state index contributed by atoms with van der Waals surface area (Å²) in [4.78, 5) is 10.7. The lowest BCUT2D eigenvalue weighted by molar-refractivity contribution is -0.385. The number of benzene rings is 1. The molecule has 0 bridgehead atoms. The Morgan fingerprint density at radius 3 is 2.56 bits per heavy atom. The van der Waals surface area contributed by atoms with Crippen LogP contribution in [-0.4, -0.2) is 17.5 Å². The van der Waals surface area contributed by atoms with Gasteiger partial charge in [-0.2, -0.15) is 0 Å². The summed E-state index contributed by atoms with van der Waals surface area (Å²) in [5.74, 6) is 0.385. The average Bonchev–Trinajstić information content (AvgIpc) is 2.36. The topological polar surface area (TPSA) is 55.2 Å². The van der Waals surface area contributed by atoms with Gasteiger partial charge in [0.05, 0.1) is 4.92 Å². The molecule has 0 fully saturated rings. The molecule has 18 heavy (non-hydrogen) atoms. The van der Waals surface area contributed by atoms with Crippen molar-refractivity contribution in [1.29, 1.82) is 0 Å². The van der Waals surface area contributed by atoms with E-state index in [-0.39, 0.29) is 10.6 Å². The number of para-hydroxylation sites is 1. The highest BCUT2D eigenvalue weighted by Crippen LogP contribution is 2.23. The third-order valence-electron chi connectivity index (χ3n) is 3.32. The number of hydrogen-bond acceptors (Lipinski definition) is 3. The molecule has 0 radical (unpaired) electrons. The van der Waals surface area contributed by atoms with Gasteiger partial charge < -0.3 is 5.32 Å². The second-order valence-corrected chi connectivity index (χ2v) is 4.64. The van der Waals surface area contributed by atoms with E-state index in [1.807, 2.05) is 12.1 Å². The molecule has 0 aliphatic rings. The molecule has 100 valence electrons. The Bertz CT molecular complexity index is 393. The summed E-state index contributed by atoms with van der Waals surface area (Å²) >= 11 is 0. The fourth-order valence-electron chi connectivity index (χ4n) is 2.36. The van der Waals surface area contributed by atoms with Crippen molar-refractivity contribution < 1.29 is 4.92 Å². The Balaban J connectivity index is 2.80. The Morgan fingerprint density at radius 1 is 1.33 bits per heavy atom. The van der Waals surface area contributed by atoms with Gasteiger partial charge in [0.1, 0.15) is 0 Å². The van der Waals surface area contributed by atoms with Crippen LogP contribution in [0.5, 0.6) is 0 Å². The monoisotopic (exact) mass is 250 g/mol. The molecule has 0 heterocycles.